The number of carbonyl (C=O) groups excluding carboxylic acids is 1. The largest absolute Gasteiger partial charge is 0.379 e. The molecule has 1 amide bonds. The third-order valence-corrected chi connectivity index (χ3v) is 2.87. The first kappa shape index (κ1) is 13.4. The fourth-order valence-electron chi connectivity index (χ4n) is 1.74. The molecule has 0 aromatic heterocycles. The predicted octanol–water partition coefficient (Wildman–Crippen LogP) is -0.567. The number of carbonyl (C=O) groups is 1. The van der Waals surface area contributed by atoms with Gasteiger partial charge in [0.15, 0.2) is 0 Å². The molecule has 0 aromatic rings. The Morgan fingerprint density at radius 2 is 2.12 bits per heavy atom. The molecule has 1 fully saturated rings. The Balaban J connectivity index is 2.13. The summed E-state index contributed by atoms with van der Waals surface area (Å²) >= 11 is 0. The molecule has 0 spiro atoms. The maximum atomic E-state index is 11.4. The minimum absolute atomic E-state index is 0.120. The molecular weight excluding hydrogens is 206 g/mol. The highest BCUT2D eigenvalue weighted by molar-refractivity contribution is 5.76. The molecule has 0 aromatic carbocycles. The monoisotopic (exact) mass is 229 g/mol. The molecule has 5 heteroatoms. The van der Waals surface area contributed by atoms with Gasteiger partial charge in [-0.15, -0.1) is 0 Å². The highest BCUT2D eigenvalue weighted by Gasteiger charge is 2.17. The molecule has 0 aliphatic carbocycles. The summed E-state index contributed by atoms with van der Waals surface area (Å²) in [4.78, 5) is 13.7. The van der Waals surface area contributed by atoms with Gasteiger partial charge < -0.3 is 15.4 Å². The molecule has 1 aliphatic heterocycles. The van der Waals surface area contributed by atoms with Crippen LogP contribution < -0.4 is 10.6 Å². The van der Waals surface area contributed by atoms with Crippen LogP contribution in [0.25, 0.3) is 0 Å². The normalized spacial score (nSPS) is 19.4. The minimum atomic E-state index is 0.120. The molecule has 1 aliphatic rings. The second-order valence-corrected chi connectivity index (χ2v) is 4.15. The zero-order chi connectivity index (χ0) is 11.8. The van der Waals surface area contributed by atoms with Crippen molar-refractivity contribution >= 4 is 5.91 Å². The van der Waals surface area contributed by atoms with Crippen molar-refractivity contribution < 1.29 is 9.53 Å². The lowest BCUT2D eigenvalue weighted by molar-refractivity contribution is -0.121. The highest BCUT2D eigenvalue weighted by Crippen LogP contribution is 2.02. The number of nitrogens with one attached hydrogen (secondary N) is 2. The summed E-state index contributed by atoms with van der Waals surface area (Å²) in [5.41, 5.74) is 0. The van der Waals surface area contributed by atoms with Gasteiger partial charge in [0.1, 0.15) is 0 Å². The molecule has 0 radical (unpaired) electrons. The Hall–Kier alpha value is -0.650. The zero-order valence-corrected chi connectivity index (χ0v) is 10.3. The lowest BCUT2D eigenvalue weighted by Gasteiger charge is -2.32. The van der Waals surface area contributed by atoms with E-state index in [9.17, 15) is 4.79 Å². The Morgan fingerprint density at radius 1 is 1.44 bits per heavy atom. The van der Waals surface area contributed by atoms with E-state index in [1.165, 1.54) is 0 Å². The van der Waals surface area contributed by atoms with E-state index in [2.05, 4.69) is 22.5 Å². The SMILES string of the molecule is CNCCC(=O)NCC(C)N1CCOCC1. The van der Waals surface area contributed by atoms with Crippen molar-refractivity contribution in [1.29, 1.82) is 0 Å². The van der Waals surface area contributed by atoms with E-state index >= 15 is 0 Å². The Bertz CT molecular complexity index is 205. The number of amides is 1. The zero-order valence-electron chi connectivity index (χ0n) is 10.3. The van der Waals surface area contributed by atoms with Gasteiger partial charge in [-0.25, -0.2) is 0 Å². The summed E-state index contributed by atoms with van der Waals surface area (Å²) in [6, 6.07) is 0.391. The Labute approximate surface area is 97.5 Å². The summed E-state index contributed by atoms with van der Waals surface area (Å²) in [5, 5.41) is 5.91. The molecule has 1 rings (SSSR count). The maximum absolute atomic E-state index is 11.4. The van der Waals surface area contributed by atoms with Crippen molar-refractivity contribution in [3.8, 4) is 0 Å². The van der Waals surface area contributed by atoms with Crippen molar-refractivity contribution in [2.24, 2.45) is 0 Å². The maximum Gasteiger partial charge on any atom is 0.221 e. The quantitative estimate of drug-likeness (QED) is 0.640. The van der Waals surface area contributed by atoms with Crippen LogP contribution in [0.2, 0.25) is 0 Å². The van der Waals surface area contributed by atoms with Crippen molar-refractivity contribution in [3.05, 3.63) is 0 Å². The average molecular weight is 229 g/mol. The third kappa shape index (κ3) is 4.92. The molecule has 0 saturated carbocycles. The van der Waals surface area contributed by atoms with E-state index in [1.807, 2.05) is 7.05 Å². The second kappa shape index (κ2) is 7.60. The van der Waals surface area contributed by atoms with Crippen molar-refractivity contribution in [2.75, 3.05) is 46.4 Å². The van der Waals surface area contributed by atoms with Gasteiger partial charge in [0.25, 0.3) is 0 Å². The average Bonchev–Trinajstić information content (AvgIpc) is 2.34. The topological polar surface area (TPSA) is 53.6 Å². The third-order valence-electron chi connectivity index (χ3n) is 2.87. The summed E-state index contributed by atoms with van der Waals surface area (Å²) < 4.78 is 5.29. The molecular formula is C11H23N3O2. The molecule has 0 bridgehead atoms. The van der Waals surface area contributed by atoms with Crippen LogP contribution in [-0.4, -0.2) is 63.3 Å². The summed E-state index contributed by atoms with van der Waals surface area (Å²) in [5.74, 6) is 0.120. The second-order valence-electron chi connectivity index (χ2n) is 4.15. The van der Waals surface area contributed by atoms with Crippen LogP contribution in [0, 0.1) is 0 Å². The van der Waals surface area contributed by atoms with Gasteiger partial charge in [0.05, 0.1) is 13.2 Å². The van der Waals surface area contributed by atoms with Crippen LogP contribution in [-0.2, 0) is 9.53 Å². The van der Waals surface area contributed by atoms with Gasteiger partial charge in [-0.05, 0) is 14.0 Å². The van der Waals surface area contributed by atoms with Gasteiger partial charge in [-0.1, -0.05) is 0 Å². The van der Waals surface area contributed by atoms with Gasteiger partial charge in [-0.3, -0.25) is 9.69 Å². The summed E-state index contributed by atoms with van der Waals surface area (Å²) in [6.45, 7) is 7.14. The number of morpholine rings is 1. The highest BCUT2D eigenvalue weighted by atomic mass is 16.5. The number of nitrogens with zero attached hydrogens (tertiary/aromatic N) is 1. The summed E-state index contributed by atoms with van der Waals surface area (Å²) in [6.07, 6.45) is 0.548. The number of ether oxygens (including phenoxy) is 1. The predicted molar refractivity (Wildman–Crippen MR) is 63.4 cm³/mol. The van der Waals surface area contributed by atoms with Crippen LogP contribution in [0.15, 0.2) is 0 Å². The lowest BCUT2D eigenvalue weighted by atomic mass is 10.2. The Kier molecular flexibility index (Phi) is 6.37. The van der Waals surface area contributed by atoms with E-state index in [0.717, 1.165) is 39.4 Å². The molecule has 1 saturated heterocycles. The molecule has 16 heavy (non-hydrogen) atoms. The van der Waals surface area contributed by atoms with Gasteiger partial charge >= 0.3 is 0 Å². The molecule has 1 atom stereocenters. The van der Waals surface area contributed by atoms with Crippen molar-refractivity contribution in [3.63, 3.8) is 0 Å². The number of hydrogen-bond acceptors (Lipinski definition) is 4. The molecule has 1 heterocycles. The van der Waals surface area contributed by atoms with Gasteiger partial charge in [-0.2, -0.15) is 0 Å². The molecule has 1 unspecified atom stereocenters. The van der Waals surface area contributed by atoms with Crippen LogP contribution in [0.4, 0.5) is 0 Å². The first-order chi connectivity index (χ1) is 7.74. The molecule has 94 valence electrons. The van der Waals surface area contributed by atoms with Gasteiger partial charge in [0.2, 0.25) is 5.91 Å². The van der Waals surface area contributed by atoms with Crippen molar-refractivity contribution in [2.45, 2.75) is 19.4 Å². The first-order valence-electron chi connectivity index (χ1n) is 5.97. The standard InChI is InChI=1S/C11H23N3O2/c1-10(14-5-7-16-8-6-14)9-13-11(15)3-4-12-2/h10,12H,3-9H2,1-2H3,(H,13,15). The van der Waals surface area contributed by atoms with E-state index in [-0.39, 0.29) is 5.91 Å². The van der Waals surface area contributed by atoms with Crippen LogP contribution in [0.5, 0.6) is 0 Å². The number of rotatable bonds is 6. The summed E-state index contributed by atoms with van der Waals surface area (Å²) in [7, 11) is 1.85. The lowest BCUT2D eigenvalue weighted by Crippen LogP contribution is -2.47. The van der Waals surface area contributed by atoms with E-state index < -0.39 is 0 Å². The van der Waals surface area contributed by atoms with Gasteiger partial charge in [0, 0.05) is 38.6 Å². The first-order valence-corrected chi connectivity index (χ1v) is 5.97. The van der Waals surface area contributed by atoms with Crippen LogP contribution in [0.3, 0.4) is 0 Å². The van der Waals surface area contributed by atoms with Crippen LogP contribution >= 0.6 is 0 Å². The van der Waals surface area contributed by atoms with E-state index in [4.69, 9.17) is 4.74 Å². The fraction of sp³-hybridized carbons (Fsp3) is 0.909. The van der Waals surface area contributed by atoms with Crippen molar-refractivity contribution in [1.82, 2.24) is 15.5 Å². The smallest absolute Gasteiger partial charge is 0.221 e. The Morgan fingerprint density at radius 3 is 2.75 bits per heavy atom. The number of hydrogen-bond donors (Lipinski definition) is 2. The fourth-order valence-corrected chi connectivity index (χ4v) is 1.74. The van der Waals surface area contributed by atoms with E-state index in [0.29, 0.717) is 12.5 Å². The minimum Gasteiger partial charge on any atom is -0.379 e. The molecule has 5 nitrogen and oxygen atoms in total. The molecule has 2 N–H and O–H groups in total. The van der Waals surface area contributed by atoms with Crippen LogP contribution in [0.1, 0.15) is 13.3 Å². The van der Waals surface area contributed by atoms with E-state index in [1.54, 1.807) is 0 Å².